The molecule has 2 unspecified atom stereocenters. The molecule has 0 aromatic heterocycles. The summed E-state index contributed by atoms with van der Waals surface area (Å²) in [6.45, 7) is 3.99. The fraction of sp³-hybridized carbons (Fsp3) is 0.846. The number of nitrogens with one attached hydrogen (secondary N) is 1. The summed E-state index contributed by atoms with van der Waals surface area (Å²) in [5.74, 6) is 3.52. The molecule has 1 fully saturated rings. The highest BCUT2D eigenvalue weighted by atomic mass is 15.0. The van der Waals surface area contributed by atoms with Crippen LogP contribution in [0.1, 0.15) is 45.4 Å². The van der Waals surface area contributed by atoms with Crippen LogP contribution in [0.25, 0.3) is 0 Å². The molecule has 2 heteroatoms. The molecule has 0 saturated heterocycles. The first-order valence-electron chi connectivity index (χ1n) is 6.11. The number of nitrogens with two attached hydrogens (primary N) is 1. The smallest absolute Gasteiger partial charge is 0.0304 e. The Balaban J connectivity index is 2.47. The Labute approximate surface area is 94.0 Å². The van der Waals surface area contributed by atoms with Crippen LogP contribution in [0.15, 0.2) is 0 Å². The molecule has 0 aromatic carbocycles. The second-order valence-electron chi connectivity index (χ2n) is 4.90. The van der Waals surface area contributed by atoms with Gasteiger partial charge in [0, 0.05) is 25.0 Å². The summed E-state index contributed by atoms with van der Waals surface area (Å²) >= 11 is 0. The van der Waals surface area contributed by atoms with Gasteiger partial charge in [-0.2, -0.15) is 0 Å². The van der Waals surface area contributed by atoms with Gasteiger partial charge in [-0.1, -0.05) is 19.8 Å². The zero-order valence-electron chi connectivity index (χ0n) is 9.89. The zero-order chi connectivity index (χ0) is 11.1. The van der Waals surface area contributed by atoms with Crippen molar-refractivity contribution in [3.05, 3.63) is 0 Å². The molecule has 0 heterocycles. The first kappa shape index (κ1) is 12.5. The molecule has 0 aliphatic heterocycles. The quantitative estimate of drug-likeness (QED) is 0.421. The van der Waals surface area contributed by atoms with Crippen LogP contribution < -0.4 is 11.1 Å². The van der Waals surface area contributed by atoms with Crippen molar-refractivity contribution in [2.75, 3.05) is 13.1 Å². The third-order valence-corrected chi connectivity index (χ3v) is 3.63. The maximum Gasteiger partial charge on any atom is 0.0304 e. The van der Waals surface area contributed by atoms with Crippen LogP contribution >= 0.6 is 0 Å². The van der Waals surface area contributed by atoms with Crippen molar-refractivity contribution in [2.45, 2.75) is 51.0 Å². The van der Waals surface area contributed by atoms with Crippen molar-refractivity contribution in [1.29, 1.82) is 0 Å². The van der Waals surface area contributed by atoms with Crippen LogP contribution in [0, 0.1) is 18.3 Å². The minimum Gasteiger partial charge on any atom is -0.329 e. The molecular weight excluding hydrogens is 184 g/mol. The van der Waals surface area contributed by atoms with E-state index < -0.39 is 0 Å². The summed E-state index contributed by atoms with van der Waals surface area (Å²) in [7, 11) is 0. The topological polar surface area (TPSA) is 38.0 Å². The van der Waals surface area contributed by atoms with Crippen molar-refractivity contribution in [3.8, 4) is 12.3 Å². The van der Waals surface area contributed by atoms with Gasteiger partial charge >= 0.3 is 0 Å². The number of rotatable bonds is 4. The van der Waals surface area contributed by atoms with Gasteiger partial charge in [0.25, 0.3) is 0 Å². The lowest BCUT2D eigenvalue weighted by Gasteiger charge is -2.32. The van der Waals surface area contributed by atoms with Gasteiger partial charge in [0.15, 0.2) is 0 Å². The molecule has 1 aliphatic rings. The third kappa shape index (κ3) is 3.85. The fourth-order valence-corrected chi connectivity index (χ4v) is 2.43. The van der Waals surface area contributed by atoms with E-state index in [1.165, 1.54) is 32.1 Å². The minimum atomic E-state index is 0.168. The first-order chi connectivity index (χ1) is 7.22. The van der Waals surface area contributed by atoms with Crippen LogP contribution in [0.3, 0.4) is 0 Å². The van der Waals surface area contributed by atoms with Gasteiger partial charge in [0.2, 0.25) is 0 Å². The maximum atomic E-state index is 5.92. The van der Waals surface area contributed by atoms with Gasteiger partial charge in [-0.25, -0.2) is 0 Å². The van der Waals surface area contributed by atoms with Crippen LogP contribution in [-0.4, -0.2) is 18.6 Å². The highest BCUT2D eigenvalue weighted by molar-refractivity contribution is 4.93. The molecule has 0 amide bonds. The summed E-state index contributed by atoms with van der Waals surface area (Å²) in [6, 6.07) is 0. The molecule has 0 bridgehead atoms. The van der Waals surface area contributed by atoms with Crippen molar-refractivity contribution in [1.82, 2.24) is 5.32 Å². The Hall–Kier alpha value is -0.520. The molecule has 1 aliphatic carbocycles. The highest BCUT2D eigenvalue weighted by Gasteiger charge is 2.29. The van der Waals surface area contributed by atoms with Crippen molar-refractivity contribution in [2.24, 2.45) is 11.7 Å². The largest absolute Gasteiger partial charge is 0.329 e. The van der Waals surface area contributed by atoms with Crippen LogP contribution in [0.4, 0.5) is 0 Å². The average molecular weight is 208 g/mol. The van der Waals surface area contributed by atoms with E-state index in [0.29, 0.717) is 0 Å². The van der Waals surface area contributed by atoms with Gasteiger partial charge < -0.3 is 11.1 Å². The molecule has 3 N–H and O–H groups in total. The van der Waals surface area contributed by atoms with Gasteiger partial charge in [-0.15, -0.1) is 12.3 Å². The van der Waals surface area contributed by atoms with E-state index in [1.807, 2.05) is 0 Å². The molecule has 1 saturated carbocycles. The van der Waals surface area contributed by atoms with Crippen molar-refractivity contribution < 1.29 is 0 Å². The predicted octanol–water partition coefficient (Wildman–Crippen LogP) is 1.90. The lowest BCUT2D eigenvalue weighted by molar-refractivity contribution is 0.293. The van der Waals surface area contributed by atoms with E-state index in [9.17, 15) is 0 Å². The summed E-state index contributed by atoms with van der Waals surface area (Å²) in [5, 5.41) is 3.58. The Morgan fingerprint density at radius 2 is 2.27 bits per heavy atom. The zero-order valence-corrected chi connectivity index (χ0v) is 9.89. The molecule has 0 aromatic rings. The standard InChI is InChI=1S/C13H24N2/c1-3-4-10-15-13(11-14)8-5-6-12(2)7-9-13/h1,12,15H,4-11,14H2,2H3. The van der Waals surface area contributed by atoms with E-state index in [1.54, 1.807) is 0 Å². The molecule has 0 spiro atoms. The monoisotopic (exact) mass is 208 g/mol. The van der Waals surface area contributed by atoms with E-state index in [4.69, 9.17) is 12.2 Å². The van der Waals surface area contributed by atoms with E-state index in [2.05, 4.69) is 18.2 Å². The Morgan fingerprint density at radius 1 is 1.47 bits per heavy atom. The Bertz CT molecular complexity index is 219. The highest BCUT2D eigenvalue weighted by Crippen LogP contribution is 2.29. The van der Waals surface area contributed by atoms with Crippen LogP contribution in [0.2, 0.25) is 0 Å². The molecule has 2 nitrogen and oxygen atoms in total. The molecule has 86 valence electrons. The second kappa shape index (κ2) is 6.15. The normalized spacial score (nSPS) is 31.9. The number of hydrogen-bond donors (Lipinski definition) is 2. The number of hydrogen-bond acceptors (Lipinski definition) is 2. The molecule has 2 atom stereocenters. The summed E-state index contributed by atoms with van der Waals surface area (Å²) < 4.78 is 0. The van der Waals surface area contributed by atoms with Crippen molar-refractivity contribution >= 4 is 0 Å². The molecule has 15 heavy (non-hydrogen) atoms. The first-order valence-corrected chi connectivity index (χ1v) is 6.11. The van der Waals surface area contributed by atoms with Gasteiger partial charge in [-0.3, -0.25) is 0 Å². The maximum absolute atomic E-state index is 5.92. The Kier molecular flexibility index (Phi) is 5.14. The lowest BCUT2D eigenvalue weighted by atomic mass is 9.89. The Morgan fingerprint density at radius 3 is 2.93 bits per heavy atom. The number of terminal acetylenes is 1. The average Bonchev–Trinajstić information content (AvgIpc) is 2.42. The summed E-state index contributed by atoms with van der Waals surface area (Å²) in [4.78, 5) is 0. The summed E-state index contributed by atoms with van der Waals surface area (Å²) in [5.41, 5.74) is 6.09. The third-order valence-electron chi connectivity index (χ3n) is 3.63. The fourth-order valence-electron chi connectivity index (χ4n) is 2.43. The molecule has 1 rings (SSSR count). The SMILES string of the molecule is C#CCCNC1(CN)CCCC(C)CC1. The molecular formula is C13H24N2. The van der Waals surface area contributed by atoms with E-state index >= 15 is 0 Å². The van der Waals surface area contributed by atoms with Gasteiger partial charge in [0.05, 0.1) is 0 Å². The van der Waals surface area contributed by atoms with Crippen LogP contribution in [-0.2, 0) is 0 Å². The second-order valence-corrected chi connectivity index (χ2v) is 4.90. The lowest BCUT2D eigenvalue weighted by Crippen LogP contribution is -2.51. The van der Waals surface area contributed by atoms with Crippen molar-refractivity contribution in [3.63, 3.8) is 0 Å². The predicted molar refractivity (Wildman–Crippen MR) is 65.5 cm³/mol. The minimum absolute atomic E-state index is 0.168. The van der Waals surface area contributed by atoms with Gasteiger partial charge in [-0.05, 0) is 25.2 Å². The van der Waals surface area contributed by atoms with Crippen LogP contribution in [0.5, 0.6) is 0 Å². The molecule has 0 radical (unpaired) electrons. The van der Waals surface area contributed by atoms with E-state index in [-0.39, 0.29) is 5.54 Å². The van der Waals surface area contributed by atoms with E-state index in [0.717, 1.165) is 25.4 Å². The summed E-state index contributed by atoms with van der Waals surface area (Å²) in [6.07, 6.45) is 12.4. The van der Waals surface area contributed by atoms with Gasteiger partial charge in [0.1, 0.15) is 0 Å².